The largest absolute Gasteiger partial charge is 0.352 e. The van der Waals surface area contributed by atoms with Crippen molar-refractivity contribution in [2.24, 2.45) is 5.73 Å². The van der Waals surface area contributed by atoms with Crippen molar-refractivity contribution in [1.82, 2.24) is 10.3 Å². The normalized spacial score (nSPS) is 11.6. The SMILES string of the molecule is Cc1nc(-c2cccc(NC(=O)C[C@@H](NC(N)=O)c3ccc(Cl)cc3)c2)cs1. The fourth-order valence-corrected chi connectivity index (χ4v) is 3.52. The molecule has 3 aromatic rings. The van der Waals surface area contributed by atoms with Gasteiger partial charge in [0.15, 0.2) is 0 Å². The Morgan fingerprint density at radius 2 is 1.96 bits per heavy atom. The summed E-state index contributed by atoms with van der Waals surface area (Å²) in [5.74, 6) is -0.250. The summed E-state index contributed by atoms with van der Waals surface area (Å²) in [5.41, 5.74) is 8.45. The molecule has 3 rings (SSSR count). The average Bonchev–Trinajstić information content (AvgIpc) is 3.08. The van der Waals surface area contributed by atoms with Crippen LogP contribution in [0.2, 0.25) is 5.02 Å². The minimum Gasteiger partial charge on any atom is -0.352 e. The van der Waals surface area contributed by atoms with E-state index in [0.29, 0.717) is 10.7 Å². The lowest BCUT2D eigenvalue weighted by Crippen LogP contribution is -2.35. The summed E-state index contributed by atoms with van der Waals surface area (Å²) in [4.78, 5) is 28.4. The zero-order valence-electron chi connectivity index (χ0n) is 15.1. The molecular formula is C20H19ClN4O2S. The van der Waals surface area contributed by atoms with Gasteiger partial charge in [-0.25, -0.2) is 9.78 Å². The van der Waals surface area contributed by atoms with Crippen molar-refractivity contribution in [2.75, 3.05) is 5.32 Å². The summed E-state index contributed by atoms with van der Waals surface area (Å²) in [5, 5.41) is 8.99. The number of primary amides is 1. The number of hydrogen-bond donors (Lipinski definition) is 3. The second kappa shape index (κ2) is 8.86. The number of benzene rings is 2. The van der Waals surface area contributed by atoms with E-state index in [4.69, 9.17) is 17.3 Å². The van der Waals surface area contributed by atoms with Crippen molar-refractivity contribution < 1.29 is 9.59 Å². The van der Waals surface area contributed by atoms with Crippen LogP contribution in [-0.4, -0.2) is 16.9 Å². The van der Waals surface area contributed by atoms with Gasteiger partial charge in [-0.3, -0.25) is 4.79 Å². The van der Waals surface area contributed by atoms with E-state index >= 15 is 0 Å². The highest BCUT2D eigenvalue weighted by atomic mass is 35.5. The van der Waals surface area contributed by atoms with Crippen LogP contribution in [-0.2, 0) is 4.79 Å². The Labute approximate surface area is 171 Å². The fraction of sp³-hybridized carbons (Fsp3) is 0.150. The molecule has 0 bridgehead atoms. The van der Waals surface area contributed by atoms with Crippen molar-refractivity contribution in [3.05, 3.63) is 69.5 Å². The predicted molar refractivity (Wildman–Crippen MR) is 112 cm³/mol. The number of hydrogen-bond acceptors (Lipinski definition) is 4. The summed E-state index contributed by atoms with van der Waals surface area (Å²) in [7, 11) is 0. The highest BCUT2D eigenvalue weighted by Crippen LogP contribution is 2.25. The molecule has 1 aromatic heterocycles. The molecular weight excluding hydrogens is 396 g/mol. The Balaban J connectivity index is 1.72. The van der Waals surface area contributed by atoms with E-state index in [2.05, 4.69) is 15.6 Å². The Hall–Kier alpha value is -2.90. The maximum Gasteiger partial charge on any atom is 0.312 e. The summed E-state index contributed by atoms with van der Waals surface area (Å²) >= 11 is 7.48. The van der Waals surface area contributed by atoms with Gasteiger partial charge in [0, 0.05) is 21.7 Å². The lowest BCUT2D eigenvalue weighted by Gasteiger charge is -2.18. The van der Waals surface area contributed by atoms with Crippen LogP contribution < -0.4 is 16.4 Å². The first-order valence-electron chi connectivity index (χ1n) is 8.54. The first-order valence-corrected chi connectivity index (χ1v) is 9.80. The Morgan fingerprint density at radius 1 is 1.21 bits per heavy atom. The minimum absolute atomic E-state index is 0.0324. The van der Waals surface area contributed by atoms with Crippen LogP contribution in [0.5, 0.6) is 0 Å². The van der Waals surface area contributed by atoms with Crippen LogP contribution in [0.3, 0.4) is 0 Å². The number of anilines is 1. The molecule has 0 aliphatic rings. The number of aromatic nitrogens is 1. The zero-order chi connectivity index (χ0) is 20.1. The number of carbonyl (C=O) groups excluding carboxylic acids is 2. The van der Waals surface area contributed by atoms with Gasteiger partial charge < -0.3 is 16.4 Å². The van der Waals surface area contributed by atoms with E-state index in [1.807, 2.05) is 30.5 Å². The highest BCUT2D eigenvalue weighted by molar-refractivity contribution is 7.09. The van der Waals surface area contributed by atoms with E-state index in [-0.39, 0.29) is 12.3 Å². The maximum atomic E-state index is 12.6. The molecule has 1 heterocycles. The predicted octanol–water partition coefficient (Wildman–Crippen LogP) is 4.51. The van der Waals surface area contributed by atoms with E-state index < -0.39 is 12.1 Å². The topological polar surface area (TPSA) is 97.1 Å². The molecule has 3 amide bonds. The van der Waals surface area contributed by atoms with E-state index in [1.54, 1.807) is 41.7 Å². The third-order valence-electron chi connectivity index (χ3n) is 4.04. The molecule has 0 saturated heterocycles. The molecule has 0 spiro atoms. The molecule has 0 aliphatic carbocycles. The molecule has 8 heteroatoms. The lowest BCUT2D eigenvalue weighted by molar-refractivity contribution is -0.116. The van der Waals surface area contributed by atoms with Gasteiger partial charge in [0.1, 0.15) is 0 Å². The van der Waals surface area contributed by atoms with E-state index in [1.165, 1.54) is 0 Å². The van der Waals surface area contributed by atoms with E-state index in [0.717, 1.165) is 21.8 Å². The molecule has 4 N–H and O–H groups in total. The number of thiazole rings is 1. The number of rotatable bonds is 6. The minimum atomic E-state index is -0.700. The van der Waals surface area contributed by atoms with Gasteiger partial charge in [-0.15, -0.1) is 11.3 Å². The first-order chi connectivity index (χ1) is 13.4. The van der Waals surface area contributed by atoms with Crippen LogP contribution >= 0.6 is 22.9 Å². The second-order valence-corrected chi connectivity index (χ2v) is 7.70. The molecule has 2 aromatic carbocycles. The van der Waals surface area contributed by atoms with Crippen LogP contribution in [0.4, 0.5) is 10.5 Å². The summed E-state index contributed by atoms with van der Waals surface area (Å²) < 4.78 is 0. The number of nitrogens with one attached hydrogen (secondary N) is 2. The van der Waals surface area contributed by atoms with Crippen molar-refractivity contribution in [1.29, 1.82) is 0 Å². The monoisotopic (exact) mass is 414 g/mol. The van der Waals surface area contributed by atoms with Crippen molar-refractivity contribution in [3.63, 3.8) is 0 Å². The van der Waals surface area contributed by atoms with Gasteiger partial charge in [-0.2, -0.15) is 0 Å². The number of carbonyl (C=O) groups is 2. The number of amides is 3. The van der Waals surface area contributed by atoms with E-state index in [9.17, 15) is 9.59 Å². The van der Waals surface area contributed by atoms with Gasteiger partial charge >= 0.3 is 6.03 Å². The third kappa shape index (κ3) is 5.31. The Kier molecular flexibility index (Phi) is 6.28. The average molecular weight is 415 g/mol. The molecule has 144 valence electrons. The standard InChI is InChI=1S/C20H19ClN4O2S/c1-12-23-18(11-28-12)14-3-2-4-16(9-14)24-19(26)10-17(25-20(22)27)13-5-7-15(21)8-6-13/h2-9,11,17H,10H2,1H3,(H,24,26)(H3,22,25,27)/t17-/m1/s1. The van der Waals surface area contributed by atoms with Crippen molar-refractivity contribution in [3.8, 4) is 11.3 Å². The number of aryl methyl sites for hydroxylation is 1. The van der Waals surface area contributed by atoms with Crippen LogP contribution in [0, 0.1) is 6.92 Å². The number of nitrogens with zero attached hydrogens (tertiary/aromatic N) is 1. The van der Waals surface area contributed by atoms with Gasteiger partial charge in [-0.05, 0) is 36.8 Å². The third-order valence-corrected chi connectivity index (χ3v) is 5.06. The molecule has 28 heavy (non-hydrogen) atoms. The molecule has 0 radical (unpaired) electrons. The summed E-state index contributed by atoms with van der Waals surface area (Å²) in [6, 6.07) is 13.1. The van der Waals surface area contributed by atoms with Crippen LogP contribution in [0.1, 0.15) is 23.0 Å². The quantitative estimate of drug-likeness (QED) is 0.553. The molecule has 1 atom stereocenters. The summed E-state index contributed by atoms with van der Waals surface area (Å²) in [6.45, 7) is 1.95. The second-order valence-electron chi connectivity index (χ2n) is 6.20. The van der Waals surface area contributed by atoms with Gasteiger partial charge in [0.05, 0.1) is 23.2 Å². The highest BCUT2D eigenvalue weighted by Gasteiger charge is 2.18. The lowest BCUT2D eigenvalue weighted by atomic mass is 10.0. The molecule has 0 fully saturated rings. The molecule has 6 nitrogen and oxygen atoms in total. The van der Waals surface area contributed by atoms with Crippen molar-refractivity contribution in [2.45, 2.75) is 19.4 Å². The Morgan fingerprint density at radius 3 is 2.61 bits per heavy atom. The van der Waals surface area contributed by atoms with Gasteiger partial charge in [0.25, 0.3) is 0 Å². The fourth-order valence-electron chi connectivity index (χ4n) is 2.77. The number of halogens is 1. The molecule has 0 aliphatic heterocycles. The molecule has 0 saturated carbocycles. The first kappa shape index (κ1) is 19.9. The van der Waals surface area contributed by atoms with Gasteiger partial charge in [-0.1, -0.05) is 35.9 Å². The number of urea groups is 1. The zero-order valence-corrected chi connectivity index (χ0v) is 16.7. The molecule has 0 unspecified atom stereocenters. The van der Waals surface area contributed by atoms with Crippen LogP contribution in [0.15, 0.2) is 53.9 Å². The Bertz CT molecular complexity index is 988. The smallest absolute Gasteiger partial charge is 0.312 e. The van der Waals surface area contributed by atoms with Crippen LogP contribution in [0.25, 0.3) is 11.3 Å². The van der Waals surface area contributed by atoms with Gasteiger partial charge in [0.2, 0.25) is 5.91 Å². The van der Waals surface area contributed by atoms with Crippen molar-refractivity contribution >= 4 is 40.6 Å². The summed E-state index contributed by atoms with van der Waals surface area (Å²) in [6.07, 6.45) is 0.0324. The number of nitrogens with two attached hydrogens (primary N) is 1. The maximum absolute atomic E-state index is 12.6.